The zero-order valence-corrected chi connectivity index (χ0v) is 14.6. The average molecular weight is 307 g/mol. The zero-order chi connectivity index (χ0) is 15.7. The largest absolute Gasteiger partial charge is 0.374 e. The number of hydrogen-bond acceptors (Lipinski definition) is 2. The van der Waals surface area contributed by atoms with Crippen LogP contribution < -0.4 is 5.32 Å². The molecule has 0 radical (unpaired) electrons. The third-order valence-electron chi connectivity index (χ3n) is 6.48. The molecule has 0 aromatic heterocycles. The molecule has 3 heteroatoms. The maximum absolute atomic E-state index is 11.8. The van der Waals surface area contributed by atoms with E-state index in [9.17, 15) is 4.79 Å². The van der Waals surface area contributed by atoms with Crippen LogP contribution in [0.2, 0.25) is 0 Å². The summed E-state index contributed by atoms with van der Waals surface area (Å²) in [6.45, 7) is 6.29. The molecule has 0 aromatic rings. The van der Waals surface area contributed by atoms with Gasteiger partial charge in [0, 0.05) is 18.4 Å². The minimum atomic E-state index is -0.0724. The minimum absolute atomic E-state index is 0.0724. The molecule has 1 amide bonds. The van der Waals surface area contributed by atoms with Gasteiger partial charge >= 0.3 is 0 Å². The van der Waals surface area contributed by atoms with Crippen molar-refractivity contribution < 1.29 is 9.53 Å². The number of carbonyl (C=O) groups is 1. The van der Waals surface area contributed by atoms with Crippen molar-refractivity contribution >= 4 is 5.91 Å². The van der Waals surface area contributed by atoms with E-state index < -0.39 is 0 Å². The van der Waals surface area contributed by atoms with Gasteiger partial charge in [0.1, 0.15) is 0 Å². The van der Waals surface area contributed by atoms with Crippen molar-refractivity contribution in [3.63, 3.8) is 0 Å². The summed E-state index contributed by atoms with van der Waals surface area (Å²) in [5.74, 6) is 2.07. The van der Waals surface area contributed by atoms with Crippen LogP contribution in [-0.2, 0) is 9.53 Å². The van der Waals surface area contributed by atoms with E-state index in [0.717, 1.165) is 12.3 Å². The monoisotopic (exact) mass is 307 g/mol. The summed E-state index contributed by atoms with van der Waals surface area (Å²) < 4.78 is 6.63. The molecule has 0 bridgehead atoms. The van der Waals surface area contributed by atoms with Crippen LogP contribution in [0.4, 0.5) is 0 Å². The lowest BCUT2D eigenvalue weighted by molar-refractivity contribution is -0.167. The zero-order valence-electron chi connectivity index (χ0n) is 14.6. The van der Waals surface area contributed by atoms with E-state index in [0.29, 0.717) is 24.0 Å². The highest BCUT2D eigenvalue weighted by atomic mass is 16.5. The Morgan fingerprint density at radius 2 is 1.82 bits per heavy atom. The smallest absolute Gasteiger partial charge is 0.217 e. The molecule has 1 heterocycles. The summed E-state index contributed by atoms with van der Waals surface area (Å²) in [4.78, 5) is 11.8. The van der Waals surface area contributed by atoms with Crippen molar-refractivity contribution in [3.05, 3.63) is 0 Å². The molecule has 0 spiro atoms. The second-order valence-electron chi connectivity index (χ2n) is 8.44. The maximum Gasteiger partial charge on any atom is 0.217 e. The standard InChI is InChI=1S/C19H33NO2/c1-13-9-10-16-17(11-13)22-18(15-7-5-4-6-8-15)12-19(16,3)20-14(2)21/h13,15-18H,4-12H2,1-3H3,(H,20,21)/t13-,16-,17-,18-,19-/m1/s1. The van der Waals surface area contributed by atoms with E-state index in [1.165, 1.54) is 51.4 Å². The first kappa shape index (κ1) is 16.3. The van der Waals surface area contributed by atoms with Gasteiger partial charge in [0.25, 0.3) is 0 Å². The number of nitrogens with one attached hydrogen (secondary N) is 1. The highest BCUT2D eigenvalue weighted by molar-refractivity contribution is 5.73. The second-order valence-corrected chi connectivity index (χ2v) is 8.44. The van der Waals surface area contributed by atoms with Crippen molar-refractivity contribution in [1.29, 1.82) is 0 Å². The number of amides is 1. The van der Waals surface area contributed by atoms with Gasteiger partial charge in [-0.3, -0.25) is 4.79 Å². The van der Waals surface area contributed by atoms with Crippen molar-refractivity contribution in [3.8, 4) is 0 Å². The van der Waals surface area contributed by atoms with Gasteiger partial charge in [-0.05, 0) is 50.9 Å². The van der Waals surface area contributed by atoms with Gasteiger partial charge in [-0.15, -0.1) is 0 Å². The average Bonchev–Trinajstić information content (AvgIpc) is 2.46. The second kappa shape index (κ2) is 6.51. The number of rotatable bonds is 2. The van der Waals surface area contributed by atoms with Crippen LogP contribution in [-0.4, -0.2) is 23.7 Å². The van der Waals surface area contributed by atoms with E-state index >= 15 is 0 Å². The number of ether oxygens (including phenoxy) is 1. The Bertz CT molecular complexity index is 404. The molecule has 0 unspecified atom stereocenters. The summed E-state index contributed by atoms with van der Waals surface area (Å²) in [6.07, 6.45) is 12.1. The van der Waals surface area contributed by atoms with Gasteiger partial charge in [0.15, 0.2) is 0 Å². The van der Waals surface area contributed by atoms with Gasteiger partial charge in [-0.2, -0.15) is 0 Å². The Labute approximate surface area is 135 Å². The number of hydrogen-bond donors (Lipinski definition) is 1. The topological polar surface area (TPSA) is 38.3 Å². The van der Waals surface area contributed by atoms with Gasteiger partial charge in [-0.25, -0.2) is 0 Å². The fourth-order valence-corrected chi connectivity index (χ4v) is 5.38. The van der Waals surface area contributed by atoms with Crippen LogP contribution in [0, 0.1) is 17.8 Å². The quantitative estimate of drug-likeness (QED) is 0.835. The molecular weight excluding hydrogens is 274 g/mol. The first-order chi connectivity index (χ1) is 10.5. The molecule has 3 nitrogen and oxygen atoms in total. The predicted octanol–water partition coefficient (Wildman–Crippen LogP) is 4.06. The fourth-order valence-electron chi connectivity index (χ4n) is 5.38. The summed E-state index contributed by atoms with van der Waals surface area (Å²) in [5, 5.41) is 3.32. The van der Waals surface area contributed by atoms with Crippen LogP contribution in [0.15, 0.2) is 0 Å². The summed E-state index contributed by atoms with van der Waals surface area (Å²) in [7, 11) is 0. The van der Waals surface area contributed by atoms with E-state index in [1.807, 2.05) is 0 Å². The van der Waals surface area contributed by atoms with E-state index in [-0.39, 0.29) is 11.4 Å². The lowest BCUT2D eigenvalue weighted by Crippen LogP contribution is -2.62. The molecular formula is C19H33NO2. The summed E-state index contributed by atoms with van der Waals surface area (Å²) in [6, 6.07) is 0. The lowest BCUT2D eigenvalue weighted by atomic mass is 9.65. The molecule has 3 rings (SSSR count). The Morgan fingerprint density at radius 1 is 1.09 bits per heavy atom. The van der Waals surface area contributed by atoms with Crippen LogP contribution in [0.3, 0.4) is 0 Å². The molecule has 3 aliphatic rings. The normalized spacial score (nSPS) is 43.4. The van der Waals surface area contributed by atoms with E-state index in [1.54, 1.807) is 6.92 Å². The predicted molar refractivity (Wildman–Crippen MR) is 88.6 cm³/mol. The Morgan fingerprint density at radius 3 is 2.50 bits per heavy atom. The van der Waals surface area contributed by atoms with Crippen LogP contribution >= 0.6 is 0 Å². The molecule has 22 heavy (non-hydrogen) atoms. The van der Waals surface area contributed by atoms with Crippen LogP contribution in [0.5, 0.6) is 0 Å². The van der Waals surface area contributed by atoms with Crippen molar-refractivity contribution in [1.82, 2.24) is 5.32 Å². The highest BCUT2D eigenvalue weighted by Crippen LogP contribution is 2.46. The summed E-state index contributed by atoms with van der Waals surface area (Å²) in [5.41, 5.74) is -0.0724. The molecule has 2 aliphatic carbocycles. The van der Waals surface area contributed by atoms with Crippen molar-refractivity contribution in [2.45, 2.75) is 96.3 Å². The highest BCUT2D eigenvalue weighted by Gasteiger charge is 2.50. The molecule has 1 saturated heterocycles. The van der Waals surface area contributed by atoms with Gasteiger partial charge < -0.3 is 10.1 Å². The molecule has 1 N–H and O–H groups in total. The van der Waals surface area contributed by atoms with E-state index in [2.05, 4.69) is 19.2 Å². The number of fused-ring (bicyclic) bond motifs is 1. The van der Waals surface area contributed by atoms with Gasteiger partial charge in [-0.1, -0.05) is 32.6 Å². The van der Waals surface area contributed by atoms with Gasteiger partial charge in [0.05, 0.1) is 12.2 Å². The third-order valence-corrected chi connectivity index (χ3v) is 6.48. The minimum Gasteiger partial charge on any atom is -0.374 e. The first-order valence-corrected chi connectivity index (χ1v) is 9.42. The molecule has 1 aliphatic heterocycles. The number of carbonyl (C=O) groups excluding carboxylic acids is 1. The summed E-state index contributed by atoms with van der Waals surface area (Å²) >= 11 is 0. The van der Waals surface area contributed by atoms with Crippen LogP contribution in [0.25, 0.3) is 0 Å². The Hall–Kier alpha value is -0.570. The molecule has 2 saturated carbocycles. The first-order valence-electron chi connectivity index (χ1n) is 9.42. The third kappa shape index (κ3) is 3.34. The Balaban J connectivity index is 1.78. The van der Waals surface area contributed by atoms with Crippen molar-refractivity contribution in [2.24, 2.45) is 17.8 Å². The molecule has 0 aromatic carbocycles. The molecule has 5 atom stereocenters. The van der Waals surface area contributed by atoms with Crippen molar-refractivity contribution in [2.75, 3.05) is 0 Å². The lowest BCUT2D eigenvalue weighted by Gasteiger charge is -2.54. The fraction of sp³-hybridized carbons (Fsp3) is 0.947. The Kier molecular flexibility index (Phi) is 4.82. The van der Waals surface area contributed by atoms with E-state index in [4.69, 9.17) is 4.74 Å². The maximum atomic E-state index is 11.8. The molecule has 126 valence electrons. The molecule has 3 fully saturated rings. The van der Waals surface area contributed by atoms with Gasteiger partial charge in [0.2, 0.25) is 5.91 Å². The van der Waals surface area contributed by atoms with Crippen LogP contribution in [0.1, 0.15) is 78.6 Å². The SMILES string of the molecule is CC(=O)N[C@]1(C)C[C@H](C2CCCCC2)O[C@@H]2C[C@H](C)CC[C@H]21.